The highest BCUT2D eigenvalue weighted by Crippen LogP contribution is 2.29. The number of sulfone groups is 1. The van der Waals surface area contributed by atoms with E-state index in [1.807, 2.05) is 0 Å². The number of aryl methyl sites for hydroxylation is 1. The second kappa shape index (κ2) is 6.88. The molecule has 2 rings (SSSR count). The highest BCUT2D eigenvalue weighted by molar-refractivity contribution is 7.90. The molecule has 0 aliphatic heterocycles. The number of carbonyl (C=O) groups is 2. The summed E-state index contributed by atoms with van der Waals surface area (Å²) in [5.41, 5.74) is 0.613. The first-order chi connectivity index (χ1) is 11.1. The lowest BCUT2D eigenvalue weighted by Crippen LogP contribution is -2.16. The van der Waals surface area contributed by atoms with Gasteiger partial charge in [0.05, 0.1) is 5.56 Å². The normalized spacial score (nSPS) is 11.2. The third kappa shape index (κ3) is 4.31. The summed E-state index contributed by atoms with van der Waals surface area (Å²) in [6.45, 7) is 2.84. The smallest absolute Gasteiger partial charge is 0.308 e. The van der Waals surface area contributed by atoms with E-state index >= 15 is 0 Å². The summed E-state index contributed by atoms with van der Waals surface area (Å²) >= 11 is 6.90. The molecule has 10 heteroatoms. The number of ether oxygens (including phenoxy) is 1. The predicted octanol–water partition coefficient (Wildman–Crippen LogP) is 2.69. The summed E-state index contributed by atoms with van der Waals surface area (Å²) in [4.78, 5) is 27.5. The Hall–Kier alpha value is -1.97. The average molecular weight is 389 g/mol. The Balaban J connectivity index is 2.36. The molecule has 0 saturated heterocycles. The Morgan fingerprint density at radius 3 is 2.54 bits per heavy atom. The quantitative estimate of drug-likeness (QED) is 0.638. The number of amides is 1. The molecule has 0 saturated carbocycles. The molecule has 1 N–H and O–H groups in total. The summed E-state index contributed by atoms with van der Waals surface area (Å²) in [6, 6.07) is 2.90. The van der Waals surface area contributed by atoms with Crippen molar-refractivity contribution in [2.45, 2.75) is 18.9 Å². The van der Waals surface area contributed by atoms with E-state index in [-0.39, 0.29) is 21.5 Å². The maximum absolute atomic E-state index is 12.5. The summed E-state index contributed by atoms with van der Waals surface area (Å²) in [5, 5.41) is 4.12. The van der Waals surface area contributed by atoms with Crippen LogP contribution in [0.1, 0.15) is 22.8 Å². The molecule has 0 unspecified atom stereocenters. The highest BCUT2D eigenvalue weighted by atomic mass is 35.5. The lowest BCUT2D eigenvalue weighted by atomic mass is 10.1. The molecule has 1 amide bonds. The third-order valence-corrected chi connectivity index (χ3v) is 4.92. The molecule has 1 aromatic carbocycles. The number of aromatic nitrogens is 1. The van der Waals surface area contributed by atoms with Gasteiger partial charge in [-0.2, -0.15) is 0 Å². The summed E-state index contributed by atoms with van der Waals surface area (Å²) < 4.78 is 27.9. The lowest BCUT2D eigenvalue weighted by Gasteiger charge is -2.12. The maximum Gasteiger partial charge on any atom is 0.308 e. The molecule has 2 aromatic rings. The molecule has 0 fully saturated rings. The zero-order valence-electron chi connectivity index (χ0n) is 12.9. The van der Waals surface area contributed by atoms with Crippen LogP contribution in [-0.2, 0) is 14.6 Å². The first kappa shape index (κ1) is 18.4. The van der Waals surface area contributed by atoms with E-state index < -0.39 is 21.7 Å². The summed E-state index contributed by atoms with van der Waals surface area (Å²) in [6.07, 6.45) is 1.02. The Morgan fingerprint density at radius 1 is 1.33 bits per heavy atom. The van der Waals surface area contributed by atoms with Gasteiger partial charge in [0.25, 0.3) is 5.91 Å². The molecular weight excluding hydrogens is 376 g/mol. The topological polar surface area (TPSA) is 102 Å². The number of esters is 1. The number of anilines is 1. The molecule has 0 spiro atoms. The summed E-state index contributed by atoms with van der Waals surface area (Å²) in [7, 11) is -3.46. The molecule has 0 radical (unpaired) electrons. The Kier molecular flexibility index (Phi) is 5.26. The van der Waals surface area contributed by atoms with Gasteiger partial charge in [-0.15, -0.1) is 11.3 Å². The second-order valence-corrected chi connectivity index (χ2v) is 8.16. The molecule has 1 heterocycles. The van der Waals surface area contributed by atoms with Crippen LogP contribution in [0.3, 0.4) is 0 Å². The van der Waals surface area contributed by atoms with Crippen molar-refractivity contribution in [1.82, 2.24) is 4.98 Å². The predicted molar refractivity (Wildman–Crippen MR) is 90.7 cm³/mol. The number of hydrogen-bond acceptors (Lipinski definition) is 7. The van der Waals surface area contributed by atoms with Gasteiger partial charge in [0.15, 0.2) is 20.0 Å². The van der Waals surface area contributed by atoms with Crippen LogP contribution in [-0.4, -0.2) is 31.5 Å². The number of nitrogens with zero attached hydrogens (tertiary/aromatic N) is 1. The fourth-order valence-electron chi connectivity index (χ4n) is 1.89. The number of carbonyl (C=O) groups excluding carboxylic acids is 2. The van der Waals surface area contributed by atoms with Gasteiger partial charge in [0.2, 0.25) is 0 Å². The van der Waals surface area contributed by atoms with Crippen LogP contribution in [0.2, 0.25) is 5.02 Å². The van der Waals surface area contributed by atoms with Crippen molar-refractivity contribution in [2.24, 2.45) is 0 Å². The summed E-state index contributed by atoms with van der Waals surface area (Å²) in [5.74, 6) is -1.17. The highest BCUT2D eigenvalue weighted by Gasteiger charge is 2.20. The van der Waals surface area contributed by atoms with Crippen LogP contribution >= 0.6 is 22.9 Å². The van der Waals surface area contributed by atoms with Gasteiger partial charge in [0, 0.05) is 29.6 Å². The van der Waals surface area contributed by atoms with Gasteiger partial charge in [-0.05, 0) is 18.6 Å². The fraction of sp³-hybridized carbons (Fsp3) is 0.214. The van der Waals surface area contributed by atoms with E-state index in [0.717, 1.165) is 17.6 Å². The maximum atomic E-state index is 12.5. The number of halogens is 1. The number of benzene rings is 1. The molecular formula is C14H13ClN2O5S2. The minimum Gasteiger partial charge on any atom is -0.426 e. The zero-order chi connectivity index (χ0) is 18.1. The number of thiazole rings is 1. The van der Waals surface area contributed by atoms with Gasteiger partial charge >= 0.3 is 5.97 Å². The van der Waals surface area contributed by atoms with Crippen molar-refractivity contribution in [2.75, 3.05) is 11.6 Å². The van der Waals surface area contributed by atoms with Crippen LogP contribution in [0.4, 0.5) is 5.13 Å². The van der Waals surface area contributed by atoms with E-state index in [2.05, 4.69) is 10.3 Å². The van der Waals surface area contributed by atoms with Crippen molar-refractivity contribution < 1.29 is 22.7 Å². The first-order valence-electron chi connectivity index (χ1n) is 6.53. The van der Waals surface area contributed by atoms with E-state index in [0.29, 0.717) is 10.6 Å². The molecule has 1 aromatic heterocycles. The van der Waals surface area contributed by atoms with Gasteiger partial charge in [-0.1, -0.05) is 11.6 Å². The standard InChI is InChI=1S/C14H13ClN2O5S2/c1-7-4-9(15)5-10(22-8(2)18)12(7)13(19)17-14-16-11(6-23-14)24(3,20)21/h4-6H,1-3H3,(H,16,17,19). The molecule has 0 atom stereocenters. The average Bonchev–Trinajstić information content (AvgIpc) is 2.85. The second-order valence-electron chi connectivity index (χ2n) is 4.91. The Labute approximate surface area is 147 Å². The van der Waals surface area contributed by atoms with Crippen molar-refractivity contribution in [3.8, 4) is 5.75 Å². The minimum absolute atomic E-state index is 0.0184. The number of rotatable bonds is 4. The van der Waals surface area contributed by atoms with Crippen LogP contribution < -0.4 is 10.1 Å². The van der Waals surface area contributed by atoms with E-state index in [1.54, 1.807) is 13.0 Å². The molecule has 24 heavy (non-hydrogen) atoms. The number of hydrogen-bond donors (Lipinski definition) is 1. The third-order valence-electron chi connectivity index (χ3n) is 2.83. The largest absolute Gasteiger partial charge is 0.426 e. The van der Waals surface area contributed by atoms with Crippen molar-refractivity contribution in [3.05, 3.63) is 33.7 Å². The Morgan fingerprint density at radius 2 is 2.00 bits per heavy atom. The van der Waals surface area contributed by atoms with E-state index in [9.17, 15) is 18.0 Å². The van der Waals surface area contributed by atoms with Gasteiger partial charge in [0.1, 0.15) is 5.75 Å². The van der Waals surface area contributed by atoms with Crippen LogP contribution in [0.25, 0.3) is 0 Å². The van der Waals surface area contributed by atoms with Gasteiger partial charge in [-0.3, -0.25) is 14.9 Å². The van der Waals surface area contributed by atoms with Crippen molar-refractivity contribution in [1.29, 1.82) is 0 Å². The van der Waals surface area contributed by atoms with Gasteiger partial charge in [-0.25, -0.2) is 13.4 Å². The van der Waals surface area contributed by atoms with Crippen LogP contribution in [0, 0.1) is 6.92 Å². The minimum atomic E-state index is -3.46. The van der Waals surface area contributed by atoms with Crippen molar-refractivity contribution in [3.63, 3.8) is 0 Å². The monoisotopic (exact) mass is 388 g/mol. The van der Waals surface area contributed by atoms with E-state index in [4.69, 9.17) is 16.3 Å². The Bertz CT molecular complexity index is 921. The molecule has 128 valence electrons. The SMILES string of the molecule is CC(=O)Oc1cc(Cl)cc(C)c1C(=O)Nc1nc(S(C)(=O)=O)cs1. The molecule has 0 aliphatic rings. The van der Waals surface area contributed by atoms with Crippen LogP contribution in [0.15, 0.2) is 22.5 Å². The fourth-order valence-corrected chi connectivity index (χ4v) is 3.87. The van der Waals surface area contributed by atoms with E-state index in [1.165, 1.54) is 18.4 Å². The first-order valence-corrected chi connectivity index (χ1v) is 9.68. The number of nitrogens with one attached hydrogen (secondary N) is 1. The molecule has 0 aliphatic carbocycles. The molecule has 7 nitrogen and oxygen atoms in total. The lowest BCUT2D eigenvalue weighted by molar-refractivity contribution is -0.131. The van der Waals surface area contributed by atoms with Crippen LogP contribution in [0.5, 0.6) is 5.75 Å². The zero-order valence-corrected chi connectivity index (χ0v) is 15.3. The molecule has 0 bridgehead atoms. The van der Waals surface area contributed by atoms with Crippen molar-refractivity contribution >= 4 is 49.8 Å². The van der Waals surface area contributed by atoms with Gasteiger partial charge < -0.3 is 4.74 Å².